The Morgan fingerprint density at radius 2 is 1.97 bits per heavy atom. The number of likely N-dealkylation sites (tertiary alicyclic amines) is 1. The maximum atomic E-state index is 14.9. The highest BCUT2D eigenvalue weighted by molar-refractivity contribution is 6.14. The molecular weight excluding hydrogens is 485 g/mol. The van der Waals surface area contributed by atoms with Crippen LogP contribution in [0.1, 0.15) is 12.8 Å². The van der Waals surface area contributed by atoms with E-state index < -0.39 is 0 Å². The summed E-state index contributed by atoms with van der Waals surface area (Å²) in [6, 6.07) is 11.0. The largest absolute Gasteiger partial charge is 0.463 e. The van der Waals surface area contributed by atoms with Gasteiger partial charge in [0.05, 0.1) is 17.2 Å². The molecule has 0 bridgehead atoms. The summed E-state index contributed by atoms with van der Waals surface area (Å²) in [6.45, 7) is 7.43. The predicted octanol–water partition coefficient (Wildman–Crippen LogP) is 4.49. The summed E-state index contributed by atoms with van der Waals surface area (Å²) in [5, 5.41) is 1.54. The first-order valence-corrected chi connectivity index (χ1v) is 13.0. The zero-order valence-corrected chi connectivity index (χ0v) is 21.4. The molecule has 2 fully saturated rings. The molecule has 4 aromatic rings. The molecule has 9 heteroatoms. The third-order valence-corrected chi connectivity index (χ3v) is 7.67. The molecule has 196 valence electrons. The minimum Gasteiger partial charge on any atom is -0.463 e. The van der Waals surface area contributed by atoms with Crippen LogP contribution < -0.4 is 9.64 Å². The number of carbonyl (C=O) groups is 1. The van der Waals surface area contributed by atoms with Gasteiger partial charge < -0.3 is 23.9 Å². The lowest BCUT2D eigenvalue weighted by Crippen LogP contribution is -2.48. The van der Waals surface area contributed by atoms with Gasteiger partial charge in [0.1, 0.15) is 23.8 Å². The Bertz CT molecular complexity index is 1510. The molecule has 4 heterocycles. The number of rotatable bonds is 6. The normalized spacial score (nSPS) is 18.4. The molecule has 2 aromatic carbocycles. The third kappa shape index (κ3) is 4.36. The second-order valence-corrected chi connectivity index (χ2v) is 9.90. The average Bonchev–Trinajstić information content (AvgIpc) is 3.60. The van der Waals surface area contributed by atoms with Crippen LogP contribution in [0.2, 0.25) is 0 Å². The molecule has 0 spiro atoms. The van der Waals surface area contributed by atoms with Gasteiger partial charge in [0, 0.05) is 43.2 Å². The molecule has 38 heavy (non-hydrogen) atoms. The first kappa shape index (κ1) is 24.4. The number of amides is 1. The number of fused-ring (bicyclic) bond motifs is 3. The highest BCUT2D eigenvalue weighted by Gasteiger charge is 2.27. The molecular formula is C29H30FN5O3. The van der Waals surface area contributed by atoms with Gasteiger partial charge in [-0.2, -0.15) is 9.97 Å². The zero-order valence-electron chi connectivity index (χ0n) is 21.4. The third-order valence-electron chi connectivity index (χ3n) is 7.67. The summed E-state index contributed by atoms with van der Waals surface area (Å²) in [6.07, 6.45) is 5.17. The van der Waals surface area contributed by atoms with E-state index in [-0.39, 0.29) is 17.7 Å². The number of nitrogens with zero attached hydrogens (tertiary/aromatic N) is 5. The average molecular weight is 516 g/mol. The summed E-state index contributed by atoms with van der Waals surface area (Å²) in [5.74, 6) is 0.299. The smallest absolute Gasteiger partial charge is 0.319 e. The predicted molar refractivity (Wildman–Crippen MR) is 145 cm³/mol. The van der Waals surface area contributed by atoms with Crippen molar-refractivity contribution in [3.05, 3.63) is 61.1 Å². The summed E-state index contributed by atoms with van der Waals surface area (Å²) >= 11 is 0. The number of aromatic nitrogens is 2. The molecule has 2 aromatic heterocycles. The number of anilines is 1. The first-order chi connectivity index (χ1) is 18.5. The maximum absolute atomic E-state index is 14.9. The lowest BCUT2D eigenvalue weighted by Gasteiger charge is -2.35. The van der Waals surface area contributed by atoms with Crippen molar-refractivity contribution in [3.63, 3.8) is 0 Å². The minimum atomic E-state index is -0.313. The Morgan fingerprint density at radius 1 is 1.16 bits per heavy atom. The molecule has 2 aliphatic heterocycles. The molecule has 2 aliphatic rings. The van der Waals surface area contributed by atoms with E-state index >= 15 is 0 Å². The van der Waals surface area contributed by atoms with Crippen molar-refractivity contribution in [2.45, 2.75) is 18.9 Å². The number of hydrogen-bond acceptors (Lipinski definition) is 7. The van der Waals surface area contributed by atoms with E-state index in [4.69, 9.17) is 19.1 Å². The number of likely N-dealkylation sites (N-methyl/N-ethyl adjacent to an activating group) is 1. The van der Waals surface area contributed by atoms with Crippen LogP contribution in [0.4, 0.5) is 10.2 Å². The van der Waals surface area contributed by atoms with Crippen molar-refractivity contribution < 1.29 is 18.3 Å². The lowest BCUT2D eigenvalue weighted by molar-refractivity contribution is -0.126. The summed E-state index contributed by atoms with van der Waals surface area (Å²) < 4.78 is 27.0. The molecule has 1 unspecified atom stereocenters. The van der Waals surface area contributed by atoms with Crippen LogP contribution in [0.25, 0.3) is 33.0 Å². The van der Waals surface area contributed by atoms with Crippen molar-refractivity contribution in [1.82, 2.24) is 19.8 Å². The number of carbonyl (C=O) groups excluding carboxylic acids is 1. The molecule has 6 rings (SSSR count). The molecule has 0 saturated carbocycles. The van der Waals surface area contributed by atoms with Crippen LogP contribution in [0, 0.1) is 5.82 Å². The highest BCUT2D eigenvalue weighted by Crippen LogP contribution is 2.40. The van der Waals surface area contributed by atoms with Gasteiger partial charge in [-0.3, -0.25) is 4.79 Å². The first-order valence-electron chi connectivity index (χ1n) is 13.0. The Labute approximate surface area is 220 Å². The molecule has 8 nitrogen and oxygen atoms in total. The van der Waals surface area contributed by atoms with Crippen molar-refractivity contribution in [3.8, 4) is 17.1 Å². The molecule has 0 radical (unpaired) electrons. The monoisotopic (exact) mass is 515 g/mol. The van der Waals surface area contributed by atoms with Crippen molar-refractivity contribution in [1.29, 1.82) is 0 Å². The Morgan fingerprint density at radius 3 is 2.71 bits per heavy atom. The zero-order chi connectivity index (χ0) is 26.2. The van der Waals surface area contributed by atoms with E-state index in [0.29, 0.717) is 66.9 Å². The SMILES string of the molecule is C=CC(=O)N1CCN(c2nc(OCC3CCCN3C)nc3cc(-c4ccccc4F)c4ccoc4c23)CC1. The van der Waals surface area contributed by atoms with E-state index in [1.807, 2.05) is 18.2 Å². The molecule has 1 amide bonds. The number of benzene rings is 2. The number of ether oxygens (including phenoxy) is 1. The fraction of sp³-hybridized carbons (Fsp3) is 0.345. The fourth-order valence-corrected chi connectivity index (χ4v) is 5.52. The number of hydrogen-bond donors (Lipinski definition) is 0. The van der Waals surface area contributed by atoms with Crippen LogP contribution in [0.15, 0.2) is 59.7 Å². The van der Waals surface area contributed by atoms with Crippen molar-refractivity contribution in [2.75, 3.05) is 51.3 Å². The highest BCUT2D eigenvalue weighted by atomic mass is 19.1. The molecule has 0 aliphatic carbocycles. The van der Waals surface area contributed by atoms with Crippen LogP contribution in [0.5, 0.6) is 6.01 Å². The van der Waals surface area contributed by atoms with Gasteiger partial charge in [-0.25, -0.2) is 4.39 Å². The van der Waals surface area contributed by atoms with Crippen LogP contribution in [-0.2, 0) is 4.79 Å². The quantitative estimate of drug-likeness (QED) is 0.350. The molecule has 0 N–H and O–H groups in total. The van der Waals surface area contributed by atoms with E-state index in [1.165, 1.54) is 12.1 Å². The van der Waals surface area contributed by atoms with E-state index in [0.717, 1.165) is 30.2 Å². The van der Waals surface area contributed by atoms with Crippen molar-refractivity contribution >= 4 is 33.6 Å². The summed E-state index contributed by atoms with van der Waals surface area (Å²) in [5.41, 5.74) is 2.40. The number of halogens is 1. The number of piperazine rings is 1. The van der Waals surface area contributed by atoms with Crippen LogP contribution >= 0.6 is 0 Å². The Kier molecular flexibility index (Phi) is 6.45. The fourth-order valence-electron chi connectivity index (χ4n) is 5.52. The Hall–Kier alpha value is -3.98. The van der Waals surface area contributed by atoms with Gasteiger partial charge in [0.15, 0.2) is 0 Å². The lowest BCUT2D eigenvalue weighted by atomic mass is 9.99. The van der Waals surface area contributed by atoms with Crippen LogP contribution in [-0.4, -0.2) is 78.1 Å². The number of furan rings is 1. The second kappa shape index (κ2) is 10.1. The van der Waals surface area contributed by atoms with Gasteiger partial charge in [0.25, 0.3) is 0 Å². The summed E-state index contributed by atoms with van der Waals surface area (Å²) in [4.78, 5) is 28.0. The molecule has 2 saturated heterocycles. The molecule has 1 atom stereocenters. The van der Waals surface area contributed by atoms with Gasteiger partial charge >= 0.3 is 6.01 Å². The summed E-state index contributed by atoms with van der Waals surface area (Å²) in [7, 11) is 2.10. The van der Waals surface area contributed by atoms with Gasteiger partial charge in [-0.15, -0.1) is 0 Å². The van der Waals surface area contributed by atoms with Crippen LogP contribution in [0.3, 0.4) is 0 Å². The van der Waals surface area contributed by atoms with E-state index in [1.54, 1.807) is 23.3 Å². The topological polar surface area (TPSA) is 74.9 Å². The van der Waals surface area contributed by atoms with Gasteiger partial charge in [-0.05, 0) is 56.3 Å². The van der Waals surface area contributed by atoms with Crippen molar-refractivity contribution in [2.24, 2.45) is 0 Å². The van der Waals surface area contributed by atoms with E-state index in [9.17, 15) is 9.18 Å². The Balaban J connectivity index is 1.46. The second-order valence-electron chi connectivity index (χ2n) is 9.90. The van der Waals surface area contributed by atoms with Gasteiger partial charge in [0.2, 0.25) is 5.91 Å². The maximum Gasteiger partial charge on any atom is 0.319 e. The van der Waals surface area contributed by atoms with Gasteiger partial charge in [-0.1, -0.05) is 24.8 Å². The minimum absolute atomic E-state index is 0.0788. The van der Waals surface area contributed by atoms with E-state index in [2.05, 4.69) is 23.4 Å². The standard InChI is InChI=1S/C29H30FN5O3/c1-3-25(36)34-12-14-35(15-13-34)28-26-24(31-29(32-28)38-18-19-7-6-11-33(19)2)17-22(21-10-16-37-27(21)26)20-8-4-5-9-23(20)30/h3-5,8-10,16-17,19H,1,6-7,11-15,18H2,2H3.